The minimum atomic E-state index is -0.303. The van der Waals surface area contributed by atoms with Crippen molar-refractivity contribution in [2.24, 2.45) is 0 Å². The lowest BCUT2D eigenvalue weighted by atomic mass is 9.98. The van der Waals surface area contributed by atoms with Crippen molar-refractivity contribution >= 4 is 23.1 Å². The summed E-state index contributed by atoms with van der Waals surface area (Å²) in [5.41, 5.74) is 1.71. The highest BCUT2D eigenvalue weighted by molar-refractivity contribution is 7.09. The number of nitrogens with zero attached hydrogens (tertiary/aromatic N) is 3. The maximum Gasteiger partial charge on any atom is 0.342 e. The Balaban J connectivity index is 1.80. The van der Waals surface area contributed by atoms with Gasteiger partial charge in [-0.1, -0.05) is 6.92 Å². The van der Waals surface area contributed by atoms with Crippen molar-refractivity contribution in [3.05, 3.63) is 40.0 Å². The van der Waals surface area contributed by atoms with Gasteiger partial charge in [-0.2, -0.15) is 0 Å². The standard InChI is InChI=1S/C19H25N3O2S/c1-4-15-12-25-18(21-15)14-7-6-10-22(11-14)17-16(8-5-9-20-17)19(23)24-13(2)3/h5,8-9,12-14H,4,6-7,10-11H2,1-3H3. The fourth-order valence-electron chi connectivity index (χ4n) is 3.13. The van der Waals surface area contributed by atoms with E-state index in [-0.39, 0.29) is 12.1 Å². The van der Waals surface area contributed by atoms with E-state index in [1.807, 2.05) is 13.8 Å². The number of rotatable bonds is 5. The molecule has 0 saturated carbocycles. The van der Waals surface area contributed by atoms with Gasteiger partial charge in [-0.05, 0) is 45.2 Å². The molecule has 0 spiro atoms. The summed E-state index contributed by atoms with van der Waals surface area (Å²) in [6, 6.07) is 3.59. The van der Waals surface area contributed by atoms with Crippen LogP contribution in [0.15, 0.2) is 23.7 Å². The third kappa shape index (κ3) is 4.18. The number of ether oxygens (including phenoxy) is 1. The highest BCUT2D eigenvalue weighted by Gasteiger charge is 2.27. The minimum absolute atomic E-state index is 0.141. The summed E-state index contributed by atoms with van der Waals surface area (Å²) in [4.78, 5) is 23.9. The first kappa shape index (κ1) is 17.9. The molecule has 6 heteroatoms. The zero-order valence-electron chi connectivity index (χ0n) is 15.1. The Morgan fingerprint density at radius 1 is 1.48 bits per heavy atom. The number of aromatic nitrogens is 2. The van der Waals surface area contributed by atoms with Crippen molar-refractivity contribution in [3.8, 4) is 0 Å². The molecule has 0 N–H and O–H groups in total. The number of thiazole rings is 1. The van der Waals surface area contributed by atoms with Crippen LogP contribution in [-0.2, 0) is 11.2 Å². The molecular formula is C19H25N3O2S. The number of esters is 1. The molecular weight excluding hydrogens is 334 g/mol. The molecule has 0 aliphatic carbocycles. The molecule has 2 aromatic rings. The number of piperidine rings is 1. The van der Waals surface area contributed by atoms with Gasteiger partial charge in [0.05, 0.1) is 16.8 Å². The number of aryl methyl sites for hydroxylation is 1. The van der Waals surface area contributed by atoms with Crippen molar-refractivity contribution in [1.29, 1.82) is 0 Å². The lowest BCUT2D eigenvalue weighted by Crippen LogP contribution is -2.36. The fraction of sp³-hybridized carbons (Fsp3) is 0.526. The molecule has 5 nitrogen and oxygen atoms in total. The van der Waals surface area contributed by atoms with E-state index in [2.05, 4.69) is 22.2 Å². The van der Waals surface area contributed by atoms with Crippen LogP contribution in [0.2, 0.25) is 0 Å². The third-order valence-electron chi connectivity index (χ3n) is 4.35. The minimum Gasteiger partial charge on any atom is -0.459 e. The quantitative estimate of drug-likeness (QED) is 0.754. The largest absolute Gasteiger partial charge is 0.459 e. The predicted molar refractivity (Wildman–Crippen MR) is 100 cm³/mol. The number of carbonyl (C=O) groups excluding carboxylic acids is 1. The molecule has 2 aromatic heterocycles. The van der Waals surface area contributed by atoms with Crippen LogP contribution in [0.25, 0.3) is 0 Å². The number of anilines is 1. The fourth-order valence-corrected chi connectivity index (χ4v) is 4.16. The number of carbonyl (C=O) groups is 1. The van der Waals surface area contributed by atoms with Crippen LogP contribution in [0.3, 0.4) is 0 Å². The molecule has 1 atom stereocenters. The van der Waals surface area contributed by atoms with Gasteiger partial charge in [0, 0.05) is 30.6 Å². The summed E-state index contributed by atoms with van der Waals surface area (Å²) in [5, 5.41) is 3.35. The van der Waals surface area contributed by atoms with Gasteiger partial charge >= 0.3 is 5.97 Å². The van der Waals surface area contributed by atoms with Gasteiger partial charge in [-0.3, -0.25) is 0 Å². The monoisotopic (exact) mass is 359 g/mol. The van der Waals surface area contributed by atoms with Crippen LogP contribution in [0.1, 0.15) is 60.6 Å². The molecule has 1 fully saturated rings. The van der Waals surface area contributed by atoms with Crippen molar-refractivity contribution < 1.29 is 9.53 Å². The average molecular weight is 359 g/mol. The average Bonchev–Trinajstić information content (AvgIpc) is 3.10. The van der Waals surface area contributed by atoms with Gasteiger partial charge in [0.2, 0.25) is 0 Å². The van der Waals surface area contributed by atoms with Gasteiger partial charge in [0.25, 0.3) is 0 Å². The lowest BCUT2D eigenvalue weighted by molar-refractivity contribution is 0.0378. The highest BCUT2D eigenvalue weighted by Crippen LogP contribution is 2.32. The summed E-state index contributed by atoms with van der Waals surface area (Å²) in [7, 11) is 0. The SMILES string of the molecule is CCc1csc(C2CCCN(c3ncccc3C(=O)OC(C)C)C2)n1. The molecule has 0 radical (unpaired) electrons. The Labute approximate surface area is 153 Å². The molecule has 3 rings (SSSR count). The predicted octanol–water partition coefficient (Wildman–Crippen LogP) is 4.05. The molecule has 25 heavy (non-hydrogen) atoms. The van der Waals surface area contributed by atoms with Crippen LogP contribution in [0, 0.1) is 0 Å². The number of hydrogen-bond donors (Lipinski definition) is 0. The zero-order chi connectivity index (χ0) is 17.8. The van der Waals surface area contributed by atoms with Gasteiger partial charge in [0.15, 0.2) is 0 Å². The second-order valence-corrected chi connectivity index (χ2v) is 7.53. The van der Waals surface area contributed by atoms with Gasteiger partial charge in [-0.15, -0.1) is 11.3 Å². The topological polar surface area (TPSA) is 55.3 Å². The molecule has 0 amide bonds. The van der Waals surface area contributed by atoms with Crippen molar-refractivity contribution in [3.63, 3.8) is 0 Å². The van der Waals surface area contributed by atoms with Crippen molar-refractivity contribution in [1.82, 2.24) is 9.97 Å². The Morgan fingerprint density at radius 3 is 3.04 bits per heavy atom. The number of hydrogen-bond acceptors (Lipinski definition) is 6. The van der Waals surface area contributed by atoms with Crippen molar-refractivity contribution in [2.45, 2.75) is 52.1 Å². The van der Waals surface area contributed by atoms with Crippen LogP contribution in [0.4, 0.5) is 5.82 Å². The first-order chi connectivity index (χ1) is 12.1. The highest BCUT2D eigenvalue weighted by atomic mass is 32.1. The molecule has 1 aliphatic rings. The first-order valence-corrected chi connectivity index (χ1v) is 9.81. The Morgan fingerprint density at radius 2 is 2.32 bits per heavy atom. The lowest BCUT2D eigenvalue weighted by Gasteiger charge is -2.33. The normalized spacial score (nSPS) is 17.8. The molecule has 134 valence electrons. The summed E-state index contributed by atoms with van der Waals surface area (Å²) in [6.07, 6.45) is 4.77. The van der Waals surface area contributed by atoms with E-state index in [9.17, 15) is 4.79 Å². The van der Waals surface area contributed by atoms with E-state index in [4.69, 9.17) is 9.72 Å². The molecule has 3 heterocycles. The maximum absolute atomic E-state index is 12.4. The third-order valence-corrected chi connectivity index (χ3v) is 5.41. The Kier molecular flexibility index (Phi) is 5.68. The summed E-state index contributed by atoms with van der Waals surface area (Å²) >= 11 is 1.75. The Bertz CT molecular complexity index is 729. The van der Waals surface area contributed by atoms with Crippen LogP contribution in [0.5, 0.6) is 0 Å². The van der Waals surface area contributed by atoms with Crippen LogP contribution < -0.4 is 4.90 Å². The van der Waals surface area contributed by atoms with E-state index in [1.54, 1.807) is 29.7 Å². The van der Waals surface area contributed by atoms with Gasteiger partial charge < -0.3 is 9.64 Å². The molecule has 1 saturated heterocycles. The van der Waals surface area contributed by atoms with Gasteiger partial charge in [-0.25, -0.2) is 14.8 Å². The van der Waals surface area contributed by atoms with Crippen molar-refractivity contribution in [2.75, 3.05) is 18.0 Å². The summed E-state index contributed by atoms with van der Waals surface area (Å²) < 4.78 is 5.38. The van der Waals surface area contributed by atoms with E-state index in [1.165, 1.54) is 5.01 Å². The maximum atomic E-state index is 12.4. The van der Waals surface area contributed by atoms with E-state index >= 15 is 0 Å². The van der Waals surface area contributed by atoms with E-state index < -0.39 is 0 Å². The number of pyridine rings is 1. The molecule has 0 aromatic carbocycles. The second-order valence-electron chi connectivity index (χ2n) is 6.64. The van der Waals surface area contributed by atoms with E-state index in [0.29, 0.717) is 11.5 Å². The van der Waals surface area contributed by atoms with Gasteiger partial charge in [0.1, 0.15) is 11.4 Å². The first-order valence-electron chi connectivity index (χ1n) is 8.93. The zero-order valence-corrected chi connectivity index (χ0v) is 15.9. The van der Waals surface area contributed by atoms with Crippen LogP contribution >= 0.6 is 11.3 Å². The smallest absolute Gasteiger partial charge is 0.342 e. The molecule has 0 bridgehead atoms. The Hall–Kier alpha value is -1.95. The molecule has 1 unspecified atom stereocenters. The van der Waals surface area contributed by atoms with Crippen LogP contribution in [-0.4, -0.2) is 35.1 Å². The second kappa shape index (κ2) is 7.95. The summed E-state index contributed by atoms with van der Waals surface area (Å²) in [5.74, 6) is 0.822. The summed E-state index contributed by atoms with van der Waals surface area (Å²) in [6.45, 7) is 7.60. The molecule has 1 aliphatic heterocycles. The van der Waals surface area contributed by atoms with E-state index in [0.717, 1.165) is 43.9 Å².